The number of rotatable bonds is 2. The summed E-state index contributed by atoms with van der Waals surface area (Å²) >= 11 is 6.13. The topological polar surface area (TPSA) is 65.2 Å². The van der Waals surface area contributed by atoms with E-state index >= 15 is 0 Å². The van der Waals surface area contributed by atoms with Crippen LogP contribution in [-0.4, -0.2) is 31.7 Å². The predicted octanol–water partition coefficient (Wildman–Crippen LogP) is 2.47. The smallest absolute Gasteiger partial charge is 0.199 e. The van der Waals surface area contributed by atoms with E-state index in [0.29, 0.717) is 22.4 Å². The van der Waals surface area contributed by atoms with Gasteiger partial charge in [0.25, 0.3) is 0 Å². The van der Waals surface area contributed by atoms with Gasteiger partial charge in [-0.2, -0.15) is 0 Å². The molecular weight excluding hydrogens is 278 g/mol. The number of aryl methyl sites for hydroxylation is 2. The van der Waals surface area contributed by atoms with Gasteiger partial charge >= 0.3 is 0 Å². The third-order valence-electron chi connectivity index (χ3n) is 3.22. The number of hydrogen-bond donors (Lipinski definition) is 0. The Balaban J connectivity index is 2.38. The van der Waals surface area contributed by atoms with E-state index in [1.165, 1.54) is 0 Å². The number of halogens is 1. The quantitative estimate of drug-likeness (QED) is 0.725. The number of pyridine rings is 1. The molecule has 0 aliphatic carbocycles. The lowest BCUT2D eigenvalue weighted by molar-refractivity contribution is 0.414. The van der Waals surface area contributed by atoms with Crippen molar-refractivity contribution in [3.63, 3.8) is 0 Å². The van der Waals surface area contributed by atoms with Crippen LogP contribution in [0.4, 0.5) is 0 Å². The predicted molar refractivity (Wildman–Crippen MR) is 75.0 cm³/mol. The Morgan fingerprint density at radius 2 is 2.05 bits per heavy atom. The minimum atomic E-state index is 0.333. The van der Waals surface area contributed by atoms with E-state index in [1.54, 1.807) is 19.5 Å². The molecule has 20 heavy (non-hydrogen) atoms. The van der Waals surface area contributed by atoms with Crippen molar-refractivity contribution in [1.82, 2.24) is 24.6 Å². The number of aromatic nitrogens is 5. The third kappa shape index (κ3) is 1.80. The minimum absolute atomic E-state index is 0.333. The van der Waals surface area contributed by atoms with Crippen molar-refractivity contribution in [2.24, 2.45) is 0 Å². The zero-order valence-corrected chi connectivity index (χ0v) is 12.0. The van der Waals surface area contributed by atoms with Crippen LogP contribution in [0.5, 0.6) is 5.75 Å². The molecule has 6 nitrogen and oxygen atoms in total. The molecule has 0 saturated carbocycles. The van der Waals surface area contributed by atoms with Crippen LogP contribution in [0.25, 0.3) is 17.0 Å². The lowest BCUT2D eigenvalue weighted by atomic mass is 10.2. The fourth-order valence-corrected chi connectivity index (χ4v) is 2.33. The molecule has 3 aromatic heterocycles. The Morgan fingerprint density at radius 1 is 1.25 bits per heavy atom. The molecule has 3 heterocycles. The van der Waals surface area contributed by atoms with Gasteiger partial charge < -0.3 is 4.74 Å². The van der Waals surface area contributed by atoms with Gasteiger partial charge in [-0.25, -0.2) is 4.98 Å². The summed E-state index contributed by atoms with van der Waals surface area (Å²) in [7, 11) is 1.59. The number of hydrogen-bond acceptors (Lipinski definition) is 5. The first kappa shape index (κ1) is 12.8. The Morgan fingerprint density at radius 3 is 2.80 bits per heavy atom. The zero-order chi connectivity index (χ0) is 14.3. The largest absolute Gasteiger partial charge is 0.494 e. The number of methoxy groups -OCH3 is 1. The Kier molecular flexibility index (Phi) is 3.02. The molecule has 0 radical (unpaired) electrons. The summed E-state index contributed by atoms with van der Waals surface area (Å²) in [4.78, 5) is 8.29. The maximum atomic E-state index is 6.13. The SMILES string of the molecule is COc1cnccc1-c1nnc2c(Cl)nc(C)c(C)n12. The molecule has 0 atom stereocenters. The van der Waals surface area contributed by atoms with Gasteiger partial charge in [0.05, 0.1) is 24.6 Å². The first-order valence-corrected chi connectivity index (χ1v) is 6.37. The van der Waals surface area contributed by atoms with Crippen LogP contribution in [0.15, 0.2) is 18.5 Å². The second-order valence-electron chi connectivity index (χ2n) is 4.33. The number of nitrogens with zero attached hydrogens (tertiary/aromatic N) is 5. The number of ether oxygens (including phenoxy) is 1. The van der Waals surface area contributed by atoms with E-state index in [0.717, 1.165) is 17.0 Å². The summed E-state index contributed by atoms with van der Waals surface area (Å²) in [5.74, 6) is 1.29. The highest BCUT2D eigenvalue weighted by molar-refractivity contribution is 6.32. The van der Waals surface area contributed by atoms with Gasteiger partial charge in [0.15, 0.2) is 16.6 Å². The monoisotopic (exact) mass is 289 g/mol. The zero-order valence-electron chi connectivity index (χ0n) is 11.3. The molecule has 3 aromatic rings. The van der Waals surface area contributed by atoms with Gasteiger partial charge in [-0.15, -0.1) is 10.2 Å². The molecule has 0 amide bonds. The summed E-state index contributed by atoms with van der Waals surface area (Å²) in [5, 5.41) is 8.67. The lowest BCUT2D eigenvalue weighted by Crippen LogP contribution is -2.01. The van der Waals surface area contributed by atoms with Crippen LogP contribution >= 0.6 is 11.6 Å². The maximum absolute atomic E-state index is 6.13. The fourth-order valence-electron chi connectivity index (χ4n) is 2.08. The summed E-state index contributed by atoms with van der Waals surface area (Å²) in [5.41, 5.74) is 3.10. The summed E-state index contributed by atoms with van der Waals surface area (Å²) in [6.07, 6.45) is 3.32. The summed E-state index contributed by atoms with van der Waals surface area (Å²) in [6.45, 7) is 3.85. The average molecular weight is 290 g/mol. The van der Waals surface area contributed by atoms with Gasteiger partial charge in [0.2, 0.25) is 0 Å². The number of fused-ring (bicyclic) bond motifs is 1. The first-order valence-electron chi connectivity index (χ1n) is 5.99. The molecular formula is C13H12ClN5O. The molecule has 0 aliphatic rings. The van der Waals surface area contributed by atoms with Crippen molar-refractivity contribution in [2.75, 3.05) is 7.11 Å². The van der Waals surface area contributed by atoms with Gasteiger partial charge in [-0.05, 0) is 19.9 Å². The average Bonchev–Trinajstić information content (AvgIpc) is 2.90. The van der Waals surface area contributed by atoms with Crippen molar-refractivity contribution < 1.29 is 4.74 Å². The van der Waals surface area contributed by atoms with E-state index < -0.39 is 0 Å². The normalized spacial score (nSPS) is 11.0. The van der Waals surface area contributed by atoms with Crippen molar-refractivity contribution >= 4 is 17.2 Å². The van der Waals surface area contributed by atoms with E-state index in [-0.39, 0.29) is 0 Å². The third-order valence-corrected chi connectivity index (χ3v) is 3.47. The van der Waals surface area contributed by atoms with Gasteiger partial charge in [0.1, 0.15) is 5.75 Å². The summed E-state index contributed by atoms with van der Waals surface area (Å²) in [6, 6.07) is 1.83. The molecule has 7 heteroatoms. The van der Waals surface area contributed by atoms with Crippen LogP contribution < -0.4 is 4.74 Å². The summed E-state index contributed by atoms with van der Waals surface area (Å²) < 4.78 is 7.20. The van der Waals surface area contributed by atoms with Crippen LogP contribution in [0, 0.1) is 13.8 Å². The molecule has 0 N–H and O–H groups in total. The van der Waals surface area contributed by atoms with E-state index in [9.17, 15) is 0 Å². The second kappa shape index (κ2) is 4.72. The molecule has 3 rings (SSSR count). The van der Waals surface area contributed by atoms with Gasteiger partial charge in [-0.1, -0.05) is 11.6 Å². The van der Waals surface area contributed by atoms with Crippen molar-refractivity contribution in [3.05, 3.63) is 35.0 Å². The Bertz CT molecular complexity index is 799. The highest BCUT2D eigenvalue weighted by atomic mass is 35.5. The lowest BCUT2D eigenvalue weighted by Gasteiger charge is -2.09. The molecule has 0 unspecified atom stereocenters. The van der Waals surface area contributed by atoms with Crippen LogP contribution in [0.1, 0.15) is 11.4 Å². The minimum Gasteiger partial charge on any atom is -0.494 e. The Hall–Kier alpha value is -2.21. The molecule has 0 aromatic carbocycles. The van der Waals surface area contributed by atoms with Gasteiger partial charge in [0, 0.05) is 11.9 Å². The van der Waals surface area contributed by atoms with Crippen molar-refractivity contribution in [3.8, 4) is 17.1 Å². The molecule has 0 aliphatic heterocycles. The van der Waals surface area contributed by atoms with E-state index in [4.69, 9.17) is 16.3 Å². The molecule has 0 fully saturated rings. The molecule has 102 valence electrons. The second-order valence-corrected chi connectivity index (χ2v) is 4.69. The maximum Gasteiger partial charge on any atom is 0.199 e. The first-order chi connectivity index (χ1) is 9.63. The fraction of sp³-hybridized carbons (Fsp3) is 0.231. The van der Waals surface area contributed by atoms with Crippen LogP contribution in [-0.2, 0) is 0 Å². The molecule has 0 spiro atoms. The van der Waals surface area contributed by atoms with E-state index in [1.807, 2.05) is 24.3 Å². The Labute approximate surface area is 120 Å². The molecule has 0 saturated heterocycles. The molecule has 0 bridgehead atoms. The van der Waals surface area contributed by atoms with Crippen molar-refractivity contribution in [1.29, 1.82) is 0 Å². The highest BCUT2D eigenvalue weighted by Crippen LogP contribution is 2.30. The van der Waals surface area contributed by atoms with E-state index in [2.05, 4.69) is 20.2 Å². The van der Waals surface area contributed by atoms with Crippen molar-refractivity contribution in [2.45, 2.75) is 13.8 Å². The standard InChI is InChI=1S/C13H12ClN5O/c1-7-8(2)19-12(17-18-13(19)11(14)16-7)9-4-5-15-6-10(9)20-3/h4-6H,1-3H3. The van der Waals surface area contributed by atoms with Crippen LogP contribution in [0.2, 0.25) is 5.15 Å². The van der Waals surface area contributed by atoms with Crippen LogP contribution in [0.3, 0.4) is 0 Å². The van der Waals surface area contributed by atoms with Gasteiger partial charge in [-0.3, -0.25) is 9.38 Å². The highest BCUT2D eigenvalue weighted by Gasteiger charge is 2.18.